The van der Waals surface area contributed by atoms with Crippen molar-refractivity contribution in [2.24, 2.45) is 7.05 Å². The molecule has 0 aromatic carbocycles. The number of aliphatic carboxylic acids is 1. The Hall–Kier alpha value is -1.38. The van der Waals surface area contributed by atoms with E-state index in [-0.39, 0.29) is 18.0 Å². The maximum atomic E-state index is 11.6. The largest absolute Gasteiger partial charge is 0.480 e. The molecule has 0 saturated heterocycles. The van der Waals surface area contributed by atoms with Crippen LogP contribution in [0.2, 0.25) is 0 Å². The average Bonchev–Trinajstić information content (AvgIpc) is 2.64. The van der Waals surface area contributed by atoms with E-state index in [9.17, 15) is 13.2 Å². The molecule has 7 nitrogen and oxygen atoms in total. The van der Waals surface area contributed by atoms with E-state index >= 15 is 0 Å². The van der Waals surface area contributed by atoms with E-state index in [1.165, 1.54) is 12.3 Å². The van der Waals surface area contributed by atoms with Crippen molar-refractivity contribution >= 4 is 16.0 Å². The number of carbonyl (C=O) groups is 1. The molecule has 8 heteroatoms. The van der Waals surface area contributed by atoms with Crippen LogP contribution in [0, 0.1) is 0 Å². The first-order chi connectivity index (χ1) is 7.92. The van der Waals surface area contributed by atoms with Crippen molar-refractivity contribution in [3.05, 3.63) is 18.5 Å². The van der Waals surface area contributed by atoms with Gasteiger partial charge in [0, 0.05) is 26.0 Å². The van der Waals surface area contributed by atoms with Crippen LogP contribution in [0.4, 0.5) is 0 Å². The lowest BCUT2D eigenvalue weighted by molar-refractivity contribution is -0.142. The Morgan fingerprint density at radius 3 is 2.82 bits per heavy atom. The molecule has 1 aromatic rings. The van der Waals surface area contributed by atoms with E-state index in [1.54, 1.807) is 17.8 Å². The van der Waals surface area contributed by atoms with E-state index < -0.39 is 22.6 Å². The molecule has 0 aliphatic heterocycles. The number of carboxylic acid groups (broad SMARTS) is 1. The van der Waals surface area contributed by atoms with Gasteiger partial charge in [0.05, 0.1) is 11.5 Å². The van der Waals surface area contributed by atoms with E-state index in [0.29, 0.717) is 0 Å². The zero-order valence-corrected chi connectivity index (χ0v) is 10.1. The molecule has 0 aliphatic carbocycles. The summed E-state index contributed by atoms with van der Waals surface area (Å²) in [6.45, 7) is -0.393. The normalized spacial score (nSPS) is 11.6. The summed E-state index contributed by atoms with van der Waals surface area (Å²) < 4.78 is 31.9. The number of sulfonamides is 1. The number of hydrogen-bond donors (Lipinski definition) is 2. The SMILES string of the molecule is Cn1ccc(S(=O)(=O)NCCOCC(=O)O)c1. The van der Waals surface area contributed by atoms with Gasteiger partial charge in [0.1, 0.15) is 6.61 Å². The Balaban J connectivity index is 2.38. The molecule has 2 N–H and O–H groups in total. The van der Waals surface area contributed by atoms with Crippen molar-refractivity contribution in [3.63, 3.8) is 0 Å². The summed E-state index contributed by atoms with van der Waals surface area (Å²) in [5.74, 6) is -1.09. The molecular weight excluding hydrogens is 248 g/mol. The second-order valence-electron chi connectivity index (χ2n) is 3.36. The summed E-state index contributed by atoms with van der Waals surface area (Å²) in [6, 6.07) is 1.47. The Bertz CT molecular complexity index is 479. The van der Waals surface area contributed by atoms with Gasteiger partial charge in [-0.2, -0.15) is 0 Å². The highest BCUT2D eigenvalue weighted by Crippen LogP contribution is 2.07. The molecule has 1 heterocycles. The van der Waals surface area contributed by atoms with E-state index in [0.717, 1.165) is 0 Å². The van der Waals surface area contributed by atoms with Crippen LogP contribution in [0.3, 0.4) is 0 Å². The van der Waals surface area contributed by atoms with Crippen LogP contribution in [-0.2, 0) is 26.6 Å². The van der Waals surface area contributed by atoms with Gasteiger partial charge >= 0.3 is 5.97 Å². The molecule has 0 unspecified atom stereocenters. The molecule has 0 bridgehead atoms. The Morgan fingerprint density at radius 1 is 1.59 bits per heavy atom. The minimum absolute atomic E-state index is 0.0123. The number of nitrogens with one attached hydrogen (secondary N) is 1. The lowest BCUT2D eigenvalue weighted by Gasteiger charge is -2.04. The topological polar surface area (TPSA) is 97.6 Å². The first-order valence-electron chi connectivity index (χ1n) is 4.83. The van der Waals surface area contributed by atoms with Gasteiger partial charge in [-0.05, 0) is 6.07 Å². The van der Waals surface area contributed by atoms with Crippen molar-refractivity contribution in [2.45, 2.75) is 4.90 Å². The first-order valence-corrected chi connectivity index (χ1v) is 6.31. The summed E-state index contributed by atoms with van der Waals surface area (Å²) in [7, 11) is -1.82. The van der Waals surface area contributed by atoms with Gasteiger partial charge in [0.25, 0.3) is 0 Å². The summed E-state index contributed by atoms with van der Waals surface area (Å²) in [6.07, 6.45) is 3.09. The molecular formula is C9H14N2O5S. The highest BCUT2D eigenvalue weighted by atomic mass is 32.2. The molecule has 0 fully saturated rings. The minimum atomic E-state index is -3.54. The van der Waals surface area contributed by atoms with Crippen LogP contribution < -0.4 is 4.72 Å². The number of rotatable bonds is 7. The summed E-state index contributed by atoms with van der Waals surface area (Å²) in [5.41, 5.74) is 0. The zero-order chi connectivity index (χ0) is 12.9. The smallest absolute Gasteiger partial charge is 0.329 e. The van der Waals surface area contributed by atoms with Crippen molar-refractivity contribution in [1.82, 2.24) is 9.29 Å². The second kappa shape index (κ2) is 5.80. The fourth-order valence-electron chi connectivity index (χ4n) is 1.13. The summed E-state index contributed by atoms with van der Waals surface area (Å²) in [4.78, 5) is 10.3. The number of aryl methyl sites for hydroxylation is 1. The third-order valence-electron chi connectivity index (χ3n) is 1.88. The van der Waals surface area contributed by atoms with Crippen LogP contribution in [0.1, 0.15) is 0 Å². The first kappa shape index (κ1) is 13.7. The molecule has 1 aromatic heterocycles. The monoisotopic (exact) mass is 262 g/mol. The van der Waals surface area contributed by atoms with Gasteiger partial charge in [-0.25, -0.2) is 17.9 Å². The predicted octanol–water partition coefficient (Wildman–Crippen LogP) is -0.595. The average molecular weight is 262 g/mol. The van der Waals surface area contributed by atoms with Crippen molar-refractivity contribution in [2.75, 3.05) is 19.8 Å². The number of ether oxygens (including phenoxy) is 1. The quantitative estimate of drug-likeness (QED) is 0.640. The number of hydrogen-bond acceptors (Lipinski definition) is 4. The standard InChI is InChI=1S/C9H14N2O5S/c1-11-4-2-8(6-11)17(14,15)10-3-5-16-7-9(12)13/h2,4,6,10H,3,5,7H2,1H3,(H,12,13). The second-order valence-corrected chi connectivity index (χ2v) is 5.12. The van der Waals surface area contributed by atoms with Crippen LogP contribution >= 0.6 is 0 Å². The van der Waals surface area contributed by atoms with Gasteiger partial charge in [0.15, 0.2) is 0 Å². The Labute approximate surface area is 99.1 Å². The molecule has 96 valence electrons. The van der Waals surface area contributed by atoms with Gasteiger partial charge in [0.2, 0.25) is 10.0 Å². The molecule has 0 aliphatic rings. The van der Waals surface area contributed by atoms with Crippen LogP contribution in [0.5, 0.6) is 0 Å². The van der Waals surface area contributed by atoms with Crippen LogP contribution in [0.15, 0.2) is 23.4 Å². The molecule has 0 spiro atoms. The van der Waals surface area contributed by atoms with Crippen molar-refractivity contribution < 1.29 is 23.1 Å². The fourth-order valence-corrected chi connectivity index (χ4v) is 2.19. The van der Waals surface area contributed by atoms with Crippen molar-refractivity contribution in [3.8, 4) is 0 Å². The van der Waals surface area contributed by atoms with E-state index in [2.05, 4.69) is 4.72 Å². The molecule has 0 radical (unpaired) electrons. The Morgan fingerprint density at radius 2 is 2.29 bits per heavy atom. The number of aromatic nitrogens is 1. The van der Waals surface area contributed by atoms with E-state index in [4.69, 9.17) is 9.84 Å². The highest BCUT2D eigenvalue weighted by Gasteiger charge is 2.13. The third kappa shape index (κ3) is 4.55. The number of nitrogens with zero attached hydrogens (tertiary/aromatic N) is 1. The minimum Gasteiger partial charge on any atom is -0.480 e. The summed E-state index contributed by atoms with van der Waals surface area (Å²) in [5, 5.41) is 8.29. The van der Waals surface area contributed by atoms with Gasteiger partial charge < -0.3 is 14.4 Å². The van der Waals surface area contributed by atoms with E-state index in [1.807, 2.05) is 0 Å². The maximum absolute atomic E-state index is 11.6. The van der Waals surface area contributed by atoms with Gasteiger partial charge in [-0.3, -0.25) is 0 Å². The lowest BCUT2D eigenvalue weighted by Crippen LogP contribution is -2.27. The highest BCUT2D eigenvalue weighted by molar-refractivity contribution is 7.89. The lowest BCUT2D eigenvalue weighted by atomic mass is 10.7. The zero-order valence-electron chi connectivity index (χ0n) is 9.29. The molecule has 1 rings (SSSR count). The fraction of sp³-hybridized carbons (Fsp3) is 0.444. The van der Waals surface area contributed by atoms with Gasteiger partial charge in [-0.15, -0.1) is 0 Å². The maximum Gasteiger partial charge on any atom is 0.329 e. The predicted molar refractivity (Wildman–Crippen MR) is 59.1 cm³/mol. The van der Waals surface area contributed by atoms with Crippen LogP contribution in [-0.4, -0.2) is 43.8 Å². The molecule has 0 atom stereocenters. The molecule has 0 amide bonds. The molecule has 17 heavy (non-hydrogen) atoms. The van der Waals surface area contributed by atoms with Crippen LogP contribution in [0.25, 0.3) is 0 Å². The molecule has 0 saturated carbocycles. The number of carboxylic acids is 1. The Kier molecular flexibility index (Phi) is 4.67. The third-order valence-corrected chi connectivity index (χ3v) is 3.33. The summed E-state index contributed by atoms with van der Waals surface area (Å²) >= 11 is 0. The van der Waals surface area contributed by atoms with Gasteiger partial charge in [-0.1, -0.05) is 0 Å². The van der Waals surface area contributed by atoms with Crippen molar-refractivity contribution in [1.29, 1.82) is 0 Å².